The molecule has 0 saturated carbocycles. The van der Waals surface area contributed by atoms with Gasteiger partial charge >= 0.3 is 0 Å². The number of aliphatic hydroxyl groups is 2. The van der Waals surface area contributed by atoms with Gasteiger partial charge in [0.2, 0.25) is 5.28 Å². The van der Waals surface area contributed by atoms with Crippen LogP contribution >= 0.6 is 0 Å². The molecule has 0 bridgehead atoms. The van der Waals surface area contributed by atoms with E-state index < -0.39 is 6.10 Å². The van der Waals surface area contributed by atoms with Crippen molar-refractivity contribution < 1.29 is 20.4 Å². The third kappa shape index (κ3) is 3.50. The van der Waals surface area contributed by atoms with Crippen LogP contribution in [0.3, 0.4) is 0 Å². The summed E-state index contributed by atoms with van der Waals surface area (Å²) in [6.07, 6.45) is -0.748. The number of rotatable bonds is 4. The Morgan fingerprint density at radius 3 is 2.40 bits per heavy atom. The smallest absolute Gasteiger partial charge is 0.230 e. The minimum Gasteiger partial charge on any atom is -0.569 e. The molecule has 0 aromatic heterocycles. The summed E-state index contributed by atoms with van der Waals surface area (Å²) in [5.74, 6) is 0. The molecule has 0 radical (unpaired) electrons. The van der Waals surface area contributed by atoms with Crippen LogP contribution in [0.2, 0.25) is 0 Å². The zero-order chi connectivity index (χ0) is 11.3. The molecule has 8 heteroatoms. The predicted molar refractivity (Wildman–Crippen MR) is 48.9 cm³/mol. The molecule has 1 rings (SSSR count). The molecule has 1 saturated heterocycles. The minimum absolute atomic E-state index is 0.153. The van der Waals surface area contributed by atoms with Gasteiger partial charge in [-0.25, -0.2) is 0 Å². The molecule has 0 aliphatic carbocycles. The van der Waals surface area contributed by atoms with E-state index in [4.69, 9.17) is 10.3 Å². The van der Waals surface area contributed by atoms with Gasteiger partial charge in [0.25, 0.3) is 0 Å². The highest BCUT2D eigenvalue weighted by Crippen LogP contribution is 2.02. The van der Waals surface area contributed by atoms with Gasteiger partial charge in [0, 0.05) is 19.6 Å². The second kappa shape index (κ2) is 5.69. The van der Waals surface area contributed by atoms with Crippen molar-refractivity contribution in [2.75, 3.05) is 39.3 Å². The van der Waals surface area contributed by atoms with Gasteiger partial charge in [-0.15, -0.1) is 5.01 Å². The first kappa shape index (κ1) is 12.0. The molecule has 1 aliphatic rings. The van der Waals surface area contributed by atoms with Crippen LogP contribution in [-0.4, -0.2) is 75.7 Å². The zero-order valence-corrected chi connectivity index (χ0v) is 8.36. The minimum atomic E-state index is -0.748. The van der Waals surface area contributed by atoms with Gasteiger partial charge in [0.15, 0.2) is 0 Å². The molecule has 3 N–H and O–H groups in total. The molecule has 1 atom stereocenters. The molecule has 88 valence electrons. The zero-order valence-electron chi connectivity index (χ0n) is 8.36. The van der Waals surface area contributed by atoms with Crippen molar-refractivity contribution in [1.82, 2.24) is 9.91 Å². The second-order valence-corrected chi connectivity index (χ2v) is 3.43. The number of hydrazine groups is 1. The standard InChI is InChI=1S/C7H16N4O4/c12-6-7(13)5-9-1-3-10(4-2-9)11(15)8-14/h7,12-14H,1-6H2. The Balaban J connectivity index is 2.30. The van der Waals surface area contributed by atoms with Gasteiger partial charge in [-0.05, 0) is 0 Å². The molecule has 1 heterocycles. The maximum absolute atomic E-state index is 10.9. The van der Waals surface area contributed by atoms with E-state index >= 15 is 0 Å². The Morgan fingerprint density at radius 2 is 1.93 bits per heavy atom. The van der Waals surface area contributed by atoms with Crippen molar-refractivity contribution in [3.8, 4) is 0 Å². The lowest BCUT2D eigenvalue weighted by Gasteiger charge is -2.32. The van der Waals surface area contributed by atoms with Gasteiger partial charge in [-0.2, -0.15) is 0 Å². The SMILES string of the molecule is [O-][N+](=NO)N1CCN(CC(O)CO)CC1. The van der Waals surface area contributed by atoms with E-state index in [1.165, 1.54) is 5.01 Å². The maximum atomic E-state index is 10.9. The summed E-state index contributed by atoms with van der Waals surface area (Å²) < 4.78 is 0. The normalized spacial score (nSPS) is 21.7. The highest BCUT2D eigenvalue weighted by Gasteiger charge is 2.23. The van der Waals surface area contributed by atoms with E-state index in [2.05, 4.69) is 5.28 Å². The number of aliphatic hydroxyl groups excluding tert-OH is 2. The van der Waals surface area contributed by atoms with E-state index in [1.54, 1.807) is 0 Å². The van der Waals surface area contributed by atoms with Gasteiger partial charge in [0.05, 0.1) is 30.8 Å². The number of hydrogen-bond acceptors (Lipinski definition) is 5. The van der Waals surface area contributed by atoms with Crippen molar-refractivity contribution in [2.45, 2.75) is 6.10 Å². The summed E-state index contributed by atoms with van der Waals surface area (Å²) in [5, 5.41) is 40.8. The molecule has 0 aromatic rings. The van der Waals surface area contributed by atoms with Crippen LogP contribution in [0, 0.1) is 5.21 Å². The van der Waals surface area contributed by atoms with Crippen LogP contribution < -0.4 is 0 Å². The summed E-state index contributed by atoms with van der Waals surface area (Å²) >= 11 is 0. The van der Waals surface area contributed by atoms with Gasteiger partial charge in [0.1, 0.15) is 0 Å². The Hall–Kier alpha value is -1.12. The average Bonchev–Trinajstić information content (AvgIpc) is 2.29. The summed E-state index contributed by atoms with van der Waals surface area (Å²) in [7, 11) is 0. The first-order valence-corrected chi connectivity index (χ1v) is 4.75. The third-order valence-corrected chi connectivity index (χ3v) is 2.35. The molecular weight excluding hydrogens is 204 g/mol. The number of nitrogens with zero attached hydrogens (tertiary/aromatic N) is 4. The first-order valence-electron chi connectivity index (χ1n) is 4.75. The molecule has 1 unspecified atom stereocenters. The fraction of sp³-hybridized carbons (Fsp3) is 1.00. The fourth-order valence-corrected chi connectivity index (χ4v) is 1.50. The Morgan fingerprint density at radius 1 is 1.33 bits per heavy atom. The monoisotopic (exact) mass is 220 g/mol. The van der Waals surface area contributed by atoms with Crippen LogP contribution in [0.25, 0.3) is 0 Å². The number of piperazine rings is 1. The average molecular weight is 220 g/mol. The predicted octanol–water partition coefficient (Wildman–Crippen LogP) is -1.78. The van der Waals surface area contributed by atoms with Gasteiger partial charge < -0.3 is 20.6 Å². The topological polar surface area (TPSA) is 106 Å². The molecule has 1 fully saturated rings. The Kier molecular flexibility index (Phi) is 4.53. The van der Waals surface area contributed by atoms with Crippen molar-refractivity contribution in [3.63, 3.8) is 0 Å². The van der Waals surface area contributed by atoms with Crippen LogP contribution in [0.1, 0.15) is 0 Å². The first-order chi connectivity index (χ1) is 7.17. The Bertz CT molecular complexity index is 217. The van der Waals surface area contributed by atoms with E-state index in [0.717, 1.165) is 0 Å². The Labute approximate surface area is 87.2 Å². The molecule has 8 nitrogen and oxygen atoms in total. The van der Waals surface area contributed by atoms with E-state index in [0.29, 0.717) is 32.7 Å². The number of hydrogen-bond donors (Lipinski definition) is 3. The van der Waals surface area contributed by atoms with Gasteiger partial charge in [-0.1, -0.05) is 0 Å². The second-order valence-electron chi connectivity index (χ2n) is 3.43. The van der Waals surface area contributed by atoms with Crippen LogP contribution in [-0.2, 0) is 0 Å². The van der Waals surface area contributed by atoms with Crippen molar-refractivity contribution in [3.05, 3.63) is 5.21 Å². The highest BCUT2D eigenvalue weighted by molar-refractivity contribution is 4.69. The van der Waals surface area contributed by atoms with Crippen molar-refractivity contribution >= 4 is 0 Å². The molecule has 15 heavy (non-hydrogen) atoms. The van der Waals surface area contributed by atoms with Crippen LogP contribution in [0.5, 0.6) is 0 Å². The summed E-state index contributed by atoms with van der Waals surface area (Å²) in [4.78, 5) is 2.09. The van der Waals surface area contributed by atoms with Crippen LogP contribution in [0.15, 0.2) is 5.28 Å². The largest absolute Gasteiger partial charge is 0.569 e. The lowest BCUT2D eigenvalue weighted by Crippen LogP contribution is -2.50. The molecule has 0 spiro atoms. The summed E-state index contributed by atoms with van der Waals surface area (Å²) in [6.45, 7) is 2.17. The summed E-state index contributed by atoms with van der Waals surface area (Å²) in [6, 6.07) is 0. The molecule has 0 aromatic carbocycles. The third-order valence-electron chi connectivity index (χ3n) is 2.35. The lowest BCUT2D eigenvalue weighted by atomic mass is 10.3. The molecule has 0 amide bonds. The molecule has 1 aliphatic heterocycles. The van der Waals surface area contributed by atoms with E-state index in [1.807, 2.05) is 4.90 Å². The van der Waals surface area contributed by atoms with Crippen LogP contribution in [0.4, 0.5) is 0 Å². The number of β-amino-alcohol motifs (C(OH)–C–C–N with tert-alkyl or cyclic N) is 1. The highest BCUT2D eigenvalue weighted by atomic mass is 16.6. The van der Waals surface area contributed by atoms with Gasteiger partial charge in [-0.3, -0.25) is 4.90 Å². The summed E-state index contributed by atoms with van der Waals surface area (Å²) in [5.41, 5.74) is 0. The van der Waals surface area contributed by atoms with E-state index in [9.17, 15) is 10.3 Å². The quantitative estimate of drug-likeness (QED) is 0.294. The fourth-order valence-electron chi connectivity index (χ4n) is 1.50. The maximum Gasteiger partial charge on any atom is 0.230 e. The lowest BCUT2D eigenvalue weighted by molar-refractivity contribution is -0.711. The molecular formula is C7H16N4O4. The van der Waals surface area contributed by atoms with Crippen molar-refractivity contribution in [2.24, 2.45) is 5.28 Å². The van der Waals surface area contributed by atoms with E-state index in [-0.39, 0.29) is 11.6 Å². The van der Waals surface area contributed by atoms with Crippen molar-refractivity contribution in [1.29, 1.82) is 0 Å².